The van der Waals surface area contributed by atoms with Crippen LogP contribution in [0.4, 0.5) is 13.2 Å². The second-order valence-corrected chi connectivity index (χ2v) is 6.90. The van der Waals surface area contributed by atoms with Gasteiger partial charge in [0, 0.05) is 17.6 Å². The van der Waals surface area contributed by atoms with Crippen molar-refractivity contribution >= 4 is 21.9 Å². The summed E-state index contributed by atoms with van der Waals surface area (Å²) in [5.41, 5.74) is 0.848. The van der Waals surface area contributed by atoms with Gasteiger partial charge in [0.15, 0.2) is 0 Å². The molecule has 0 amide bonds. The Morgan fingerprint density at radius 3 is 1.88 bits per heavy atom. The van der Waals surface area contributed by atoms with Gasteiger partial charge in [-0.25, -0.2) is 0 Å². The second kappa shape index (κ2) is 8.68. The van der Waals surface area contributed by atoms with Crippen molar-refractivity contribution in [3.8, 4) is 0 Å². The van der Waals surface area contributed by atoms with Crippen LogP contribution in [0.3, 0.4) is 0 Å². The average molecular weight is 430 g/mol. The van der Waals surface area contributed by atoms with Crippen molar-refractivity contribution in [2.24, 2.45) is 0 Å². The van der Waals surface area contributed by atoms with Crippen LogP contribution in [0, 0.1) is 0 Å². The Balaban J connectivity index is 2.23. The zero-order chi connectivity index (χ0) is 19.3. The summed E-state index contributed by atoms with van der Waals surface area (Å²) in [5.74, 6) is -0.948. The Hall–Kier alpha value is -1.86. The molecule has 2 rings (SSSR count). The average Bonchev–Trinajstić information content (AvgIpc) is 2.57. The van der Waals surface area contributed by atoms with E-state index in [2.05, 4.69) is 15.9 Å². The van der Waals surface area contributed by atoms with Crippen molar-refractivity contribution in [1.82, 2.24) is 4.90 Å². The summed E-state index contributed by atoms with van der Waals surface area (Å²) in [5, 5.41) is 9.50. The van der Waals surface area contributed by atoms with Gasteiger partial charge in [0.05, 0.1) is 5.56 Å². The highest BCUT2D eigenvalue weighted by molar-refractivity contribution is 9.10. The molecule has 0 bridgehead atoms. The van der Waals surface area contributed by atoms with Crippen molar-refractivity contribution in [3.05, 3.63) is 69.7 Å². The number of carboxylic acids is 1. The summed E-state index contributed by atoms with van der Waals surface area (Å²) in [6.45, 7) is 2.41. The topological polar surface area (TPSA) is 40.5 Å². The van der Waals surface area contributed by atoms with E-state index < -0.39 is 23.8 Å². The minimum atomic E-state index is -4.39. The quantitative estimate of drug-likeness (QED) is 0.646. The van der Waals surface area contributed by atoms with Crippen LogP contribution in [0.2, 0.25) is 0 Å². The predicted molar refractivity (Wildman–Crippen MR) is 96.5 cm³/mol. The molecule has 0 heterocycles. The number of carboxylic acid groups (broad SMARTS) is 1. The summed E-state index contributed by atoms with van der Waals surface area (Å²) >= 11 is 3.35. The van der Waals surface area contributed by atoms with Gasteiger partial charge >= 0.3 is 12.1 Å². The number of hydrogen-bond acceptors (Lipinski definition) is 2. The van der Waals surface area contributed by atoms with Crippen LogP contribution >= 0.6 is 15.9 Å². The van der Waals surface area contributed by atoms with Gasteiger partial charge < -0.3 is 5.11 Å². The first-order valence-electron chi connectivity index (χ1n) is 8.08. The van der Waals surface area contributed by atoms with Crippen LogP contribution in [0.15, 0.2) is 53.0 Å². The van der Waals surface area contributed by atoms with E-state index >= 15 is 0 Å². The Labute approximate surface area is 158 Å². The molecule has 2 aromatic carbocycles. The first-order valence-corrected chi connectivity index (χ1v) is 8.87. The number of aliphatic carboxylic acids is 1. The van der Waals surface area contributed by atoms with E-state index in [1.807, 2.05) is 24.3 Å². The fourth-order valence-corrected chi connectivity index (χ4v) is 2.99. The zero-order valence-corrected chi connectivity index (χ0v) is 15.7. The van der Waals surface area contributed by atoms with E-state index in [1.54, 1.807) is 11.8 Å². The largest absolute Gasteiger partial charge is 0.480 e. The van der Waals surface area contributed by atoms with E-state index in [4.69, 9.17) is 0 Å². The Kier molecular flexibility index (Phi) is 6.83. The highest BCUT2D eigenvalue weighted by Gasteiger charge is 2.30. The van der Waals surface area contributed by atoms with Gasteiger partial charge in [0.1, 0.15) is 6.04 Å². The lowest BCUT2D eigenvalue weighted by Crippen LogP contribution is -2.39. The first-order chi connectivity index (χ1) is 12.2. The highest BCUT2D eigenvalue weighted by atomic mass is 79.9. The van der Waals surface area contributed by atoms with Crippen LogP contribution in [0.1, 0.15) is 30.0 Å². The SMILES string of the molecule is CCC(C(=O)O)N(Cc1ccc(Br)cc1)Cc1ccc(C(F)(F)F)cc1. The van der Waals surface area contributed by atoms with Gasteiger partial charge in [-0.2, -0.15) is 13.2 Å². The van der Waals surface area contributed by atoms with E-state index in [-0.39, 0.29) is 6.54 Å². The highest BCUT2D eigenvalue weighted by Crippen LogP contribution is 2.29. The molecule has 0 spiro atoms. The predicted octanol–water partition coefficient (Wildman–Crippen LogP) is 5.33. The number of nitrogens with zero attached hydrogens (tertiary/aromatic N) is 1. The van der Waals surface area contributed by atoms with Crippen LogP contribution in [-0.4, -0.2) is 22.0 Å². The van der Waals surface area contributed by atoms with Gasteiger partial charge in [0.2, 0.25) is 0 Å². The van der Waals surface area contributed by atoms with Crippen molar-refractivity contribution in [2.75, 3.05) is 0 Å². The summed E-state index contributed by atoms with van der Waals surface area (Å²) < 4.78 is 39.0. The molecule has 2 aromatic rings. The normalized spacial score (nSPS) is 13.0. The number of hydrogen-bond donors (Lipinski definition) is 1. The van der Waals surface area contributed by atoms with E-state index in [9.17, 15) is 23.1 Å². The smallest absolute Gasteiger partial charge is 0.416 e. The lowest BCUT2D eigenvalue weighted by atomic mass is 10.1. The molecule has 0 aromatic heterocycles. The monoisotopic (exact) mass is 429 g/mol. The third-order valence-electron chi connectivity index (χ3n) is 4.08. The molecule has 0 saturated heterocycles. The van der Waals surface area contributed by atoms with Gasteiger partial charge in [0.25, 0.3) is 0 Å². The summed E-state index contributed by atoms with van der Waals surface area (Å²) in [6, 6.07) is 11.6. The van der Waals surface area contributed by atoms with E-state index in [0.29, 0.717) is 18.5 Å². The van der Waals surface area contributed by atoms with Crippen molar-refractivity contribution in [3.63, 3.8) is 0 Å². The van der Waals surface area contributed by atoms with E-state index in [1.165, 1.54) is 12.1 Å². The third-order valence-corrected chi connectivity index (χ3v) is 4.61. The molecular formula is C19H19BrF3NO2. The molecule has 0 saturated carbocycles. The van der Waals surface area contributed by atoms with Gasteiger partial charge in [-0.1, -0.05) is 47.1 Å². The van der Waals surface area contributed by atoms with Crippen molar-refractivity contribution in [2.45, 2.75) is 38.7 Å². The molecule has 7 heteroatoms. The lowest BCUT2D eigenvalue weighted by Gasteiger charge is -2.28. The molecule has 3 nitrogen and oxygen atoms in total. The molecule has 0 aliphatic rings. The maximum Gasteiger partial charge on any atom is 0.416 e. The fraction of sp³-hybridized carbons (Fsp3) is 0.316. The van der Waals surface area contributed by atoms with Crippen LogP contribution in [0.25, 0.3) is 0 Å². The summed E-state index contributed by atoms with van der Waals surface area (Å²) in [7, 11) is 0. The molecule has 1 atom stereocenters. The number of rotatable bonds is 7. The van der Waals surface area contributed by atoms with Crippen molar-refractivity contribution in [1.29, 1.82) is 0 Å². The summed E-state index contributed by atoms with van der Waals surface area (Å²) in [4.78, 5) is 13.4. The Morgan fingerprint density at radius 2 is 1.50 bits per heavy atom. The maximum atomic E-state index is 12.7. The van der Waals surface area contributed by atoms with Crippen molar-refractivity contribution < 1.29 is 23.1 Å². The standard InChI is InChI=1S/C19H19BrF3NO2/c1-2-17(18(25)26)24(12-14-5-9-16(20)10-6-14)11-13-3-7-15(8-4-13)19(21,22)23/h3-10,17H,2,11-12H2,1H3,(H,25,26). The number of halogens is 4. The first kappa shape index (κ1) is 20.5. The second-order valence-electron chi connectivity index (χ2n) is 5.99. The van der Waals surface area contributed by atoms with Crippen LogP contribution in [-0.2, 0) is 24.1 Å². The zero-order valence-electron chi connectivity index (χ0n) is 14.1. The van der Waals surface area contributed by atoms with Crippen LogP contribution < -0.4 is 0 Å². The van der Waals surface area contributed by atoms with Gasteiger partial charge in [-0.15, -0.1) is 0 Å². The molecule has 0 aliphatic carbocycles. The molecule has 0 aliphatic heterocycles. The molecule has 1 unspecified atom stereocenters. The van der Waals surface area contributed by atoms with E-state index in [0.717, 1.165) is 22.2 Å². The minimum Gasteiger partial charge on any atom is -0.480 e. The summed E-state index contributed by atoms with van der Waals surface area (Å²) in [6.07, 6.45) is -3.99. The maximum absolute atomic E-state index is 12.7. The lowest BCUT2D eigenvalue weighted by molar-refractivity contribution is -0.144. The third kappa shape index (κ3) is 5.57. The molecule has 0 radical (unpaired) electrons. The Morgan fingerprint density at radius 1 is 1.04 bits per heavy atom. The fourth-order valence-electron chi connectivity index (χ4n) is 2.72. The minimum absolute atomic E-state index is 0.249. The number of alkyl halides is 3. The van der Waals surface area contributed by atoms with Crippen LogP contribution in [0.5, 0.6) is 0 Å². The number of benzene rings is 2. The molecule has 26 heavy (non-hydrogen) atoms. The van der Waals surface area contributed by atoms with Gasteiger partial charge in [-0.05, 0) is 41.8 Å². The molecule has 0 fully saturated rings. The van der Waals surface area contributed by atoms with Gasteiger partial charge in [-0.3, -0.25) is 9.69 Å². The molecular weight excluding hydrogens is 411 g/mol. The molecule has 1 N–H and O–H groups in total. The number of carbonyl (C=O) groups is 1. The Bertz CT molecular complexity index is 730. The molecule has 140 valence electrons.